The third-order valence-corrected chi connectivity index (χ3v) is 9.65. The van der Waals surface area contributed by atoms with Gasteiger partial charge < -0.3 is 24.2 Å². The van der Waals surface area contributed by atoms with Gasteiger partial charge in [-0.2, -0.15) is 8.42 Å². The fourth-order valence-corrected chi connectivity index (χ4v) is 6.09. The molecule has 272 valence electrons. The Hall–Kier alpha value is -2.84. The van der Waals surface area contributed by atoms with Gasteiger partial charge in [-0.05, 0) is 91.9 Å². The van der Waals surface area contributed by atoms with Crippen molar-refractivity contribution in [1.82, 2.24) is 0 Å². The molecule has 0 amide bonds. The standard InChI is InChI=1S/2C19H24O5S.Ca/c2*1-2-3-4-5-6-8-15-9-7-10-18(19(15)20)24-16-11-13-17(14-12-16)25(21,22)23;/h2*7,9-14,20H,2-6,8H2,1H3,(H,21,22,23);/q;;+2/p-2. The summed E-state index contributed by atoms with van der Waals surface area (Å²) in [6, 6.07) is 20.9. The number of aryl methyl sites for hydroxylation is 2. The predicted molar refractivity (Wildman–Crippen MR) is 195 cm³/mol. The minimum absolute atomic E-state index is 0. The maximum Gasteiger partial charge on any atom is 2.00 e. The van der Waals surface area contributed by atoms with Crippen molar-refractivity contribution in [3.8, 4) is 34.5 Å². The molecule has 0 heterocycles. The van der Waals surface area contributed by atoms with Crippen molar-refractivity contribution < 1.29 is 45.6 Å². The molecule has 51 heavy (non-hydrogen) atoms. The molecule has 0 aliphatic carbocycles. The second kappa shape index (κ2) is 22.3. The predicted octanol–water partition coefficient (Wildman–Crippen LogP) is 8.53. The third kappa shape index (κ3) is 15.3. The van der Waals surface area contributed by atoms with E-state index in [9.17, 15) is 31.6 Å². The fourth-order valence-electron chi connectivity index (χ4n) is 5.14. The van der Waals surface area contributed by atoms with E-state index in [-0.39, 0.29) is 64.8 Å². The van der Waals surface area contributed by atoms with Crippen LogP contribution in [0, 0.1) is 0 Å². The van der Waals surface area contributed by atoms with E-state index in [1.54, 1.807) is 18.2 Å². The van der Waals surface area contributed by atoms with Crippen LogP contribution in [0.2, 0.25) is 0 Å². The number of hydrogen-bond acceptors (Lipinski definition) is 9. The zero-order chi connectivity index (χ0) is 36.6. The number of ether oxygens (including phenoxy) is 2. The largest absolute Gasteiger partial charge is 2.00 e. The van der Waals surface area contributed by atoms with Gasteiger partial charge in [0.05, 0.1) is 9.79 Å². The van der Waals surface area contributed by atoms with E-state index in [2.05, 4.69) is 13.8 Å². The Morgan fingerprint density at radius 1 is 0.588 bits per heavy atom. The van der Waals surface area contributed by atoms with Crippen LogP contribution in [0.3, 0.4) is 0 Å². The number of aromatic hydroxyl groups is 1. The summed E-state index contributed by atoms with van der Waals surface area (Å²) in [5, 5.41) is 22.8. The molecule has 0 saturated carbocycles. The molecule has 0 bridgehead atoms. The number of rotatable bonds is 18. The monoisotopic (exact) mass is 766 g/mol. The second-order valence-electron chi connectivity index (χ2n) is 11.9. The second-order valence-corrected chi connectivity index (χ2v) is 14.7. The summed E-state index contributed by atoms with van der Waals surface area (Å²) in [5.41, 5.74) is 1.55. The first-order valence-electron chi connectivity index (χ1n) is 16.9. The molecule has 4 rings (SSSR count). The number of benzene rings is 4. The summed E-state index contributed by atoms with van der Waals surface area (Å²) >= 11 is 0. The zero-order valence-electron chi connectivity index (χ0n) is 29.3. The smallest absolute Gasteiger partial charge is 0.870 e. The number of para-hydroxylation sites is 2. The minimum Gasteiger partial charge on any atom is -0.870 e. The molecular weight excluding hydrogens is 721 g/mol. The first-order chi connectivity index (χ1) is 23.8. The normalized spacial score (nSPS) is 11.2. The third-order valence-electron chi connectivity index (χ3n) is 7.93. The molecule has 0 radical (unpaired) electrons. The summed E-state index contributed by atoms with van der Waals surface area (Å²) in [6.45, 7) is 4.34. The van der Waals surface area contributed by atoms with Crippen molar-refractivity contribution in [2.24, 2.45) is 0 Å². The Morgan fingerprint density at radius 2 is 1.02 bits per heavy atom. The molecule has 0 aliphatic rings. The molecule has 0 unspecified atom stereocenters. The molecule has 0 aromatic heterocycles. The van der Waals surface area contributed by atoms with Crippen LogP contribution < -0.4 is 14.6 Å². The number of phenols is 1. The molecule has 0 spiro atoms. The Bertz CT molecular complexity index is 1710. The van der Waals surface area contributed by atoms with Crippen LogP contribution in [-0.2, 0) is 33.1 Å². The van der Waals surface area contributed by atoms with Crippen LogP contribution in [-0.4, -0.2) is 68.8 Å². The average molecular weight is 767 g/mol. The Morgan fingerprint density at radius 3 is 1.51 bits per heavy atom. The van der Waals surface area contributed by atoms with Crippen LogP contribution in [0.15, 0.2) is 94.7 Å². The van der Waals surface area contributed by atoms with Gasteiger partial charge in [0.25, 0.3) is 10.1 Å². The Balaban J connectivity index is 0.000000347. The van der Waals surface area contributed by atoms with Gasteiger partial charge in [0.2, 0.25) is 0 Å². The van der Waals surface area contributed by atoms with Crippen LogP contribution in [0.1, 0.15) is 89.2 Å². The van der Waals surface area contributed by atoms with E-state index in [1.165, 1.54) is 87.1 Å². The molecule has 13 heteroatoms. The van der Waals surface area contributed by atoms with Crippen LogP contribution in [0.5, 0.6) is 34.5 Å². The van der Waals surface area contributed by atoms with Crippen LogP contribution >= 0.6 is 0 Å². The van der Waals surface area contributed by atoms with Crippen molar-refractivity contribution >= 4 is 58.0 Å². The summed E-state index contributed by atoms with van der Waals surface area (Å²) in [5.74, 6) is 1.16. The van der Waals surface area contributed by atoms with Crippen molar-refractivity contribution in [3.63, 3.8) is 0 Å². The van der Waals surface area contributed by atoms with Crippen molar-refractivity contribution in [1.29, 1.82) is 0 Å². The molecule has 2 N–H and O–H groups in total. The molecule has 0 saturated heterocycles. The van der Waals surface area contributed by atoms with Crippen molar-refractivity contribution in [2.45, 2.75) is 101 Å². The quantitative estimate of drug-likeness (QED) is 0.0568. The minimum atomic E-state index is -4.49. The van der Waals surface area contributed by atoms with E-state index in [1.807, 2.05) is 18.2 Å². The van der Waals surface area contributed by atoms with E-state index < -0.39 is 20.2 Å². The maximum atomic E-state index is 12.4. The SMILES string of the molecule is CCCCCCCc1cccc(Oc2ccc(S(=O)(=O)O)cc2)c1O.CCCCCCCc1cccc(Oc2ccc(S(=O)(=O)[O-])cc2)c1[O-].[Ca+2]. The molecule has 4 aromatic carbocycles. The van der Waals surface area contributed by atoms with Gasteiger partial charge in [-0.15, -0.1) is 0 Å². The summed E-state index contributed by atoms with van der Waals surface area (Å²) in [7, 11) is -8.72. The van der Waals surface area contributed by atoms with E-state index in [4.69, 9.17) is 14.0 Å². The van der Waals surface area contributed by atoms with Gasteiger partial charge in [0.15, 0.2) is 11.5 Å². The van der Waals surface area contributed by atoms with E-state index >= 15 is 0 Å². The average Bonchev–Trinajstić information content (AvgIpc) is 3.08. The van der Waals surface area contributed by atoms with Crippen molar-refractivity contribution in [2.75, 3.05) is 0 Å². The number of unbranched alkanes of at least 4 members (excludes halogenated alkanes) is 8. The number of phenolic OH excluding ortho intramolecular Hbond substituents is 1. The van der Waals surface area contributed by atoms with Gasteiger partial charge in [-0.3, -0.25) is 4.55 Å². The first-order valence-corrected chi connectivity index (χ1v) is 19.8. The van der Waals surface area contributed by atoms with Gasteiger partial charge in [0.1, 0.15) is 27.4 Å². The zero-order valence-corrected chi connectivity index (χ0v) is 33.1. The molecular formula is C38H46CaO10S2. The summed E-state index contributed by atoms with van der Waals surface area (Å²) < 4.78 is 75.0. The topological polar surface area (TPSA) is 173 Å². The first kappa shape index (κ1) is 44.3. The van der Waals surface area contributed by atoms with E-state index in [0.29, 0.717) is 29.2 Å². The maximum absolute atomic E-state index is 12.4. The summed E-state index contributed by atoms with van der Waals surface area (Å²) in [4.78, 5) is -0.534. The van der Waals surface area contributed by atoms with Gasteiger partial charge in [-0.25, -0.2) is 8.42 Å². The Labute approximate surface area is 332 Å². The molecule has 0 fully saturated rings. The number of hydrogen-bond donors (Lipinski definition) is 2. The Kier molecular flexibility index (Phi) is 19.4. The molecule has 4 aromatic rings. The molecule has 10 nitrogen and oxygen atoms in total. The van der Waals surface area contributed by atoms with Gasteiger partial charge >= 0.3 is 37.7 Å². The van der Waals surface area contributed by atoms with Crippen molar-refractivity contribution in [3.05, 3.63) is 96.1 Å². The van der Waals surface area contributed by atoms with Crippen LogP contribution in [0.4, 0.5) is 0 Å². The summed E-state index contributed by atoms with van der Waals surface area (Å²) in [6.07, 6.45) is 12.9. The molecule has 0 atom stereocenters. The van der Waals surface area contributed by atoms with Gasteiger partial charge in [-0.1, -0.05) is 101 Å². The van der Waals surface area contributed by atoms with Gasteiger partial charge in [0, 0.05) is 0 Å². The fraction of sp³-hybridized carbons (Fsp3) is 0.368. The molecule has 0 aliphatic heterocycles. The van der Waals surface area contributed by atoms with Crippen LogP contribution in [0.25, 0.3) is 0 Å². The van der Waals surface area contributed by atoms with E-state index in [0.717, 1.165) is 37.7 Å².